The molecule has 0 unspecified atom stereocenters. The van der Waals surface area contributed by atoms with Crippen LogP contribution in [-0.2, 0) is 18.3 Å². The van der Waals surface area contributed by atoms with Crippen molar-refractivity contribution in [1.82, 2.24) is 0 Å². The van der Waals surface area contributed by atoms with E-state index < -0.39 is 7.60 Å². The summed E-state index contributed by atoms with van der Waals surface area (Å²) in [6, 6.07) is 0. The van der Waals surface area contributed by atoms with E-state index in [0.717, 1.165) is 5.33 Å². The van der Waals surface area contributed by atoms with Crippen LogP contribution in [0.5, 0.6) is 0 Å². The lowest BCUT2D eigenvalue weighted by Crippen LogP contribution is -1.88. The Bertz CT molecular complexity index is 174. The molecule has 0 saturated carbocycles. The van der Waals surface area contributed by atoms with Crippen molar-refractivity contribution in [2.24, 2.45) is 0 Å². The molecule has 0 rings (SSSR count). The normalized spacial score (nSPS) is 12.2. The van der Waals surface area contributed by atoms with Gasteiger partial charge >= 0.3 is 7.60 Å². The first-order valence-corrected chi connectivity index (χ1v) is 5.98. The molecule has 0 spiro atoms. The molecular formula is C6H12BrO4P. The summed E-state index contributed by atoms with van der Waals surface area (Å²) < 4.78 is 25.5. The molecular weight excluding hydrogens is 247 g/mol. The summed E-state index contributed by atoms with van der Waals surface area (Å²) in [6.07, 6.45) is 1.31. The third-order valence-corrected chi connectivity index (χ3v) is 2.87. The second kappa shape index (κ2) is 6.66. The predicted molar refractivity (Wildman–Crippen MR) is 50.5 cm³/mol. The van der Waals surface area contributed by atoms with Crippen molar-refractivity contribution in [2.45, 2.75) is 0 Å². The number of hydrogen-bond acceptors (Lipinski definition) is 4. The van der Waals surface area contributed by atoms with Crippen molar-refractivity contribution < 1.29 is 18.3 Å². The topological polar surface area (TPSA) is 44.8 Å². The van der Waals surface area contributed by atoms with Crippen molar-refractivity contribution in [2.75, 3.05) is 26.2 Å². The Morgan fingerprint density at radius 1 is 1.42 bits per heavy atom. The van der Waals surface area contributed by atoms with Gasteiger partial charge in [-0.25, -0.2) is 0 Å². The van der Waals surface area contributed by atoms with Crippen LogP contribution in [0, 0.1) is 0 Å². The van der Waals surface area contributed by atoms with Crippen LogP contribution in [0.2, 0.25) is 0 Å². The Kier molecular flexibility index (Phi) is 6.76. The summed E-state index contributed by atoms with van der Waals surface area (Å²) in [4.78, 5) is 0. The highest BCUT2D eigenvalue weighted by atomic mass is 79.9. The molecule has 0 aliphatic rings. The lowest BCUT2D eigenvalue weighted by molar-refractivity contribution is 0.266. The highest BCUT2D eigenvalue weighted by Gasteiger charge is 2.15. The summed E-state index contributed by atoms with van der Waals surface area (Å²) in [5.74, 6) is 1.27. The molecule has 0 aromatic rings. The lowest BCUT2D eigenvalue weighted by atomic mass is 10.9. The summed E-state index contributed by atoms with van der Waals surface area (Å²) in [5.41, 5.74) is 0. The van der Waals surface area contributed by atoms with Crippen LogP contribution in [0.4, 0.5) is 0 Å². The number of hydrogen-bond donors (Lipinski definition) is 0. The molecule has 6 heteroatoms. The van der Waals surface area contributed by atoms with E-state index in [0.29, 0.717) is 6.61 Å². The molecule has 0 aromatic carbocycles. The third kappa shape index (κ3) is 4.93. The van der Waals surface area contributed by atoms with Crippen molar-refractivity contribution in [3.8, 4) is 0 Å². The second-order valence-electron chi connectivity index (χ2n) is 1.75. The van der Waals surface area contributed by atoms with Crippen LogP contribution in [0.3, 0.4) is 0 Å². The van der Waals surface area contributed by atoms with Crippen LogP contribution in [-0.4, -0.2) is 26.2 Å². The fourth-order valence-electron chi connectivity index (χ4n) is 0.426. The maximum absolute atomic E-state index is 11.3. The predicted octanol–water partition coefficient (Wildman–Crippen LogP) is 2.36. The van der Waals surface area contributed by atoms with Crippen LogP contribution in [0.25, 0.3) is 0 Å². The van der Waals surface area contributed by atoms with Gasteiger partial charge in [-0.15, -0.1) is 0 Å². The smallest absolute Gasteiger partial charge is 0.356 e. The highest BCUT2D eigenvalue weighted by molar-refractivity contribution is 9.09. The quantitative estimate of drug-likeness (QED) is 0.318. The average Bonchev–Trinajstić information content (AvgIpc) is 2.12. The van der Waals surface area contributed by atoms with Crippen molar-refractivity contribution in [3.05, 3.63) is 12.1 Å². The van der Waals surface area contributed by atoms with E-state index in [9.17, 15) is 4.57 Å². The molecule has 4 nitrogen and oxygen atoms in total. The largest absolute Gasteiger partial charge is 0.500 e. The van der Waals surface area contributed by atoms with Crippen molar-refractivity contribution >= 4 is 23.5 Å². The maximum Gasteiger partial charge on any atom is 0.356 e. The standard InChI is InChI=1S/C6H12BrO4P/c1-9-12(8,10-2)6-5-11-4-3-7/h5-6H,3-4H2,1-2H3/b6-5+. The van der Waals surface area contributed by atoms with Gasteiger partial charge in [-0.2, -0.15) is 0 Å². The average molecular weight is 259 g/mol. The summed E-state index contributed by atoms with van der Waals surface area (Å²) >= 11 is 3.17. The number of alkyl halides is 1. The zero-order valence-electron chi connectivity index (χ0n) is 7.03. The summed E-state index contributed by atoms with van der Waals surface area (Å²) in [6.45, 7) is 0.518. The second-order valence-corrected chi connectivity index (χ2v) is 4.65. The molecule has 72 valence electrons. The molecule has 0 aromatic heterocycles. The minimum Gasteiger partial charge on any atom is -0.500 e. The Morgan fingerprint density at radius 3 is 2.42 bits per heavy atom. The van der Waals surface area contributed by atoms with Gasteiger partial charge in [0.15, 0.2) is 0 Å². The molecule has 0 amide bonds. The molecule has 0 fully saturated rings. The molecule has 0 N–H and O–H groups in total. The van der Waals surface area contributed by atoms with Crippen molar-refractivity contribution in [3.63, 3.8) is 0 Å². The third-order valence-electron chi connectivity index (χ3n) is 1.04. The van der Waals surface area contributed by atoms with E-state index >= 15 is 0 Å². The van der Waals surface area contributed by atoms with E-state index in [1.54, 1.807) is 0 Å². The van der Waals surface area contributed by atoms with Gasteiger partial charge in [0.25, 0.3) is 0 Å². The number of halogens is 1. The van der Waals surface area contributed by atoms with E-state index in [1.807, 2.05) is 0 Å². The Balaban J connectivity index is 3.85. The highest BCUT2D eigenvalue weighted by Crippen LogP contribution is 2.47. The van der Waals surface area contributed by atoms with Gasteiger partial charge in [0.1, 0.15) is 0 Å². The van der Waals surface area contributed by atoms with Gasteiger partial charge in [-0.05, 0) is 0 Å². The number of ether oxygens (including phenoxy) is 1. The minimum absolute atomic E-state index is 0.518. The fourth-order valence-corrected chi connectivity index (χ4v) is 1.24. The van der Waals surface area contributed by atoms with Gasteiger partial charge in [0, 0.05) is 19.5 Å². The first-order chi connectivity index (χ1) is 5.68. The first kappa shape index (κ1) is 12.2. The van der Waals surface area contributed by atoms with E-state index in [2.05, 4.69) is 25.0 Å². The van der Waals surface area contributed by atoms with Crippen LogP contribution < -0.4 is 0 Å². The van der Waals surface area contributed by atoms with Gasteiger partial charge in [-0.1, -0.05) is 15.9 Å². The van der Waals surface area contributed by atoms with Gasteiger partial charge in [0.05, 0.1) is 18.7 Å². The number of rotatable bonds is 6. The Hall–Kier alpha value is 0.170. The van der Waals surface area contributed by atoms with Gasteiger partial charge in [0.2, 0.25) is 0 Å². The first-order valence-electron chi connectivity index (χ1n) is 3.25. The van der Waals surface area contributed by atoms with E-state index in [4.69, 9.17) is 4.74 Å². The molecule has 0 radical (unpaired) electrons. The van der Waals surface area contributed by atoms with Crippen molar-refractivity contribution in [1.29, 1.82) is 0 Å². The SMILES string of the molecule is COP(=O)(/C=C/OCCBr)OC. The fraction of sp³-hybridized carbons (Fsp3) is 0.667. The van der Waals surface area contributed by atoms with Crippen LogP contribution in [0.1, 0.15) is 0 Å². The zero-order chi connectivity index (χ0) is 9.45. The molecule has 0 aliphatic carbocycles. The Morgan fingerprint density at radius 2 is 2.00 bits per heavy atom. The molecule has 0 aliphatic heterocycles. The molecule has 12 heavy (non-hydrogen) atoms. The van der Waals surface area contributed by atoms with Crippen LogP contribution >= 0.6 is 23.5 Å². The summed E-state index contributed by atoms with van der Waals surface area (Å²) in [5, 5.41) is 0.724. The maximum atomic E-state index is 11.3. The Labute approximate surface area is 80.5 Å². The molecule has 0 saturated heterocycles. The molecule has 0 bridgehead atoms. The van der Waals surface area contributed by atoms with Crippen LogP contribution in [0.15, 0.2) is 12.1 Å². The zero-order valence-corrected chi connectivity index (χ0v) is 9.51. The summed E-state index contributed by atoms with van der Waals surface area (Å²) in [7, 11) is -0.405. The van der Waals surface area contributed by atoms with Gasteiger partial charge in [-0.3, -0.25) is 4.57 Å². The minimum atomic E-state index is -3.04. The molecule has 0 atom stereocenters. The molecule has 0 heterocycles. The van der Waals surface area contributed by atoms with Gasteiger partial charge < -0.3 is 13.8 Å². The lowest BCUT2D eigenvalue weighted by Gasteiger charge is -2.07. The van der Waals surface area contributed by atoms with E-state index in [1.165, 1.54) is 26.3 Å². The van der Waals surface area contributed by atoms with E-state index in [-0.39, 0.29) is 0 Å². The monoisotopic (exact) mass is 258 g/mol.